The molecule has 0 aliphatic carbocycles. The van der Waals surface area contributed by atoms with Crippen LogP contribution in [-0.4, -0.2) is 55.5 Å². The van der Waals surface area contributed by atoms with E-state index in [1.165, 1.54) is 18.4 Å². The number of sulfonamides is 1. The smallest absolute Gasteiger partial charge is 0.242 e. The molecule has 7 nitrogen and oxygen atoms in total. The lowest BCUT2D eigenvalue weighted by Gasteiger charge is -2.32. The highest BCUT2D eigenvalue weighted by atomic mass is 32.2. The molecule has 0 spiro atoms. The Hall–Kier alpha value is -2.42. The molecule has 2 heterocycles. The van der Waals surface area contributed by atoms with Crippen LogP contribution in [0.1, 0.15) is 18.4 Å². The van der Waals surface area contributed by atoms with Gasteiger partial charge in [0.1, 0.15) is 0 Å². The van der Waals surface area contributed by atoms with Gasteiger partial charge in [-0.2, -0.15) is 0 Å². The van der Waals surface area contributed by atoms with E-state index in [4.69, 9.17) is 10.7 Å². The fraction of sp³-hybridized carbons (Fsp3) is 0.381. The van der Waals surface area contributed by atoms with Crippen LogP contribution in [-0.2, 0) is 16.6 Å². The Morgan fingerprint density at radius 2 is 1.86 bits per heavy atom. The van der Waals surface area contributed by atoms with Gasteiger partial charge in [-0.25, -0.2) is 17.7 Å². The molecule has 1 fully saturated rings. The van der Waals surface area contributed by atoms with Gasteiger partial charge in [0, 0.05) is 33.2 Å². The topological polar surface area (TPSA) is 84.5 Å². The minimum absolute atomic E-state index is 0.160. The van der Waals surface area contributed by atoms with Gasteiger partial charge in [-0.05, 0) is 42.7 Å². The van der Waals surface area contributed by atoms with Crippen molar-refractivity contribution in [3.05, 3.63) is 54.1 Å². The number of benzene rings is 2. The van der Waals surface area contributed by atoms with E-state index < -0.39 is 10.0 Å². The van der Waals surface area contributed by atoms with Gasteiger partial charge in [0.2, 0.25) is 16.0 Å². The van der Waals surface area contributed by atoms with E-state index in [-0.39, 0.29) is 6.04 Å². The van der Waals surface area contributed by atoms with Crippen LogP contribution < -0.4 is 10.6 Å². The van der Waals surface area contributed by atoms with Gasteiger partial charge in [-0.1, -0.05) is 24.3 Å². The van der Waals surface area contributed by atoms with Gasteiger partial charge in [-0.3, -0.25) is 0 Å². The zero-order valence-electron chi connectivity index (χ0n) is 16.8. The van der Waals surface area contributed by atoms with E-state index in [0.717, 1.165) is 48.5 Å². The average molecular weight is 414 g/mol. The maximum Gasteiger partial charge on any atom is 0.242 e. The SMILES string of the molecule is CN(C)S(=O)(=O)c1ccc(Cn2c(N3CCCC(N)C3)nc3ccccc32)cc1. The van der Waals surface area contributed by atoms with Crippen LogP contribution in [0.25, 0.3) is 11.0 Å². The first-order chi connectivity index (χ1) is 13.9. The molecule has 1 unspecified atom stereocenters. The summed E-state index contributed by atoms with van der Waals surface area (Å²) in [5.41, 5.74) is 9.24. The number of nitrogens with zero attached hydrogens (tertiary/aromatic N) is 4. The van der Waals surface area contributed by atoms with Crippen molar-refractivity contribution in [3.8, 4) is 0 Å². The summed E-state index contributed by atoms with van der Waals surface area (Å²) in [7, 11) is -0.353. The monoisotopic (exact) mass is 413 g/mol. The second-order valence-corrected chi connectivity index (χ2v) is 9.92. The summed E-state index contributed by atoms with van der Waals surface area (Å²) in [6.45, 7) is 2.35. The Morgan fingerprint density at radius 1 is 1.14 bits per heavy atom. The number of hydrogen-bond donors (Lipinski definition) is 1. The van der Waals surface area contributed by atoms with Crippen LogP contribution in [0.3, 0.4) is 0 Å². The summed E-state index contributed by atoms with van der Waals surface area (Å²) >= 11 is 0. The molecule has 8 heteroatoms. The number of rotatable bonds is 5. The van der Waals surface area contributed by atoms with E-state index in [1.54, 1.807) is 12.1 Å². The lowest BCUT2D eigenvalue weighted by atomic mass is 10.1. The molecular weight excluding hydrogens is 386 g/mol. The predicted octanol–water partition coefficient (Wildman–Crippen LogP) is 2.26. The molecule has 2 N–H and O–H groups in total. The average Bonchev–Trinajstić information content (AvgIpc) is 3.07. The first-order valence-corrected chi connectivity index (χ1v) is 11.3. The molecule has 29 heavy (non-hydrogen) atoms. The number of hydrogen-bond acceptors (Lipinski definition) is 5. The summed E-state index contributed by atoms with van der Waals surface area (Å²) in [6.07, 6.45) is 2.10. The van der Waals surface area contributed by atoms with E-state index in [1.807, 2.05) is 30.3 Å². The van der Waals surface area contributed by atoms with Crippen molar-refractivity contribution in [2.24, 2.45) is 5.73 Å². The van der Waals surface area contributed by atoms with E-state index in [0.29, 0.717) is 11.4 Å². The molecule has 1 aromatic heterocycles. The Kier molecular flexibility index (Phi) is 5.33. The highest BCUT2D eigenvalue weighted by Gasteiger charge is 2.23. The van der Waals surface area contributed by atoms with Crippen LogP contribution in [0, 0.1) is 0 Å². The minimum Gasteiger partial charge on any atom is -0.341 e. The van der Waals surface area contributed by atoms with Crippen LogP contribution in [0.15, 0.2) is 53.4 Å². The van der Waals surface area contributed by atoms with Crippen LogP contribution in [0.5, 0.6) is 0 Å². The molecule has 0 radical (unpaired) electrons. The van der Waals surface area contributed by atoms with Gasteiger partial charge in [0.15, 0.2) is 0 Å². The molecule has 1 atom stereocenters. The first kappa shape index (κ1) is 19.9. The molecular formula is C21H27N5O2S. The first-order valence-electron chi connectivity index (χ1n) is 9.83. The minimum atomic E-state index is -3.43. The summed E-state index contributed by atoms with van der Waals surface area (Å²) in [5, 5.41) is 0. The Bertz CT molecular complexity index is 1110. The highest BCUT2D eigenvalue weighted by Crippen LogP contribution is 2.26. The molecule has 154 valence electrons. The Balaban J connectivity index is 1.69. The third-order valence-electron chi connectivity index (χ3n) is 5.42. The summed E-state index contributed by atoms with van der Waals surface area (Å²) in [4.78, 5) is 7.44. The van der Waals surface area contributed by atoms with Gasteiger partial charge in [-0.15, -0.1) is 0 Å². The molecule has 0 saturated carbocycles. The van der Waals surface area contributed by atoms with Crippen molar-refractivity contribution in [2.75, 3.05) is 32.1 Å². The maximum atomic E-state index is 12.3. The number of para-hydroxylation sites is 2. The van der Waals surface area contributed by atoms with E-state index in [9.17, 15) is 8.42 Å². The van der Waals surface area contributed by atoms with Crippen molar-refractivity contribution in [3.63, 3.8) is 0 Å². The van der Waals surface area contributed by atoms with E-state index in [2.05, 4.69) is 15.5 Å². The van der Waals surface area contributed by atoms with Crippen molar-refractivity contribution in [1.82, 2.24) is 13.9 Å². The molecule has 2 aromatic carbocycles. The lowest BCUT2D eigenvalue weighted by molar-refractivity contribution is 0.495. The normalized spacial score (nSPS) is 17.9. The number of anilines is 1. The molecule has 0 amide bonds. The second-order valence-electron chi connectivity index (χ2n) is 7.77. The number of piperidine rings is 1. The molecule has 1 aliphatic rings. The third kappa shape index (κ3) is 3.88. The van der Waals surface area contributed by atoms with Crippen molar-refractivity contribution >= 4 is 27.0 Å². The molecule has 3 aromatic rings. The summed E-state index contributed by atoms with van der Waals surface area (Å²) in [6, 6.07) is 15.3. The quantitative estimate of drug-likeness (QED) is 0.694. The van der Waals surface area contributed by atoms with Gasteiger partial charge < -0.3 is 15.2 Å². The lowest BCUT2D eigenvalue weighted by Crippen LogP contribution is -2.44. The zero-order chi connectivity index (χ0) is 20.6. The largest absolute Gasteiger partial charge is 0.341 e. The Labute approximate surface area is 171 Å². The Morgan fingerprint density at radius 3 is 2.55 bits per heavy atom. The number of aromatic nitrogens is 2. The van der Waals surface area contributed by atoms with Crippen LogP contribution in [0.4, 0.5) is 5.95 Å². The summed E-state index contributed by atoms with van der Waals surface area (Å²) in [5.74, 6) is 0.923. The van der Waals surface area contributed by atoms with Gasteiger partial charge >= 0.3 is 0 Å². The number of nitrogens with two attached hydrogens (primary N) is 1. The predicted molar refractivity (Wildman–Crippen MR) is 116 cm³/mol. The molecule has 4 rings (SSSR count). The van der Waals surface area contributed by atoms with Crippen LogP contribution in [0.2, 0.25) is 0 Å². The van der Waals surface area contributed by atoms with Crippen LogP contribution >= 0.6 is 0 Å². The number of fused-ring (bicyclic) bond motifs is 1. The second kappa shape index (κ2) is 7.78. The van der Waals surface area contributed by atoms with Crippen molar-refractivity contribution in [1.29, 1.82) is 0 Å². The van der Waals surface area contributed by atoms with Gasteiger partial charge in [0.05, 0.1) is 22.5 Å². The summed E-state index contributed by atoms with van der Waals surface area (Å²) < 4.78 is 28.1. The highest BCUT2D eigenvalue weighted by molar-refractivity contribution is 7.89. The maximum absolute atomic E-state index is 12.3. The molecule has 1 saturated heterocycles. The van der Waals surface area contributed by atoms with Crippen molar-refractivity contribution in [2.45, 2.75) is 30.3 Å². The fourth-order valence-corrected chi connectivity index (χ4v) is 4.71. The standard InChI is InChI=1S/C21H27N5O2S/c1-24(2)29(27,28)18-11-9-16(10-12-18)14-26-20-8-4-3-7-19(20)23-21(26)25-13-5-6-17(22)15-25/h3-4,7-12,17H,5-6,13-15,22H2,1-2H3. The van der Waals surface area contributed by atoms with E-state index >= 15 is 0 Å². The zero-order valence-corrected chi connectivity index (χ0v) is 17.6. The fourth-order valence-electron chi connectivity index (χ4n) is 3.81. The molecule has 0 bridgehead atoms. The molecule has 1 aliphatic heterocycles. The third-order valence-corrected chi connectivity index (χ3v) is 7.25. The number of imidazole rings is 1. The van der Waals surface area contributed by atoms with Crippen molar-refractivity contribution < 1.29 is 8.42 Å². The van der Waals surface area contributed by atoms with Gasteiger partial charge in [0.25, 0.3) is 0 Å².